The molecule has 0 aliphatic rings. The molecular weight excluding hydrogens is 330 g/mol. The molecule has 0 aromatic carbocycles. The Morgan fingerprint density at radius 2 is 1.31 bits per heavy atom. The van der Waals surface area contributed by atoms with Crippen LogP contribution in [0.3, 0.4) is 0 Å². The van der Waals surface area contributed by atoms with Gasteiger partial charge in [0.15, 0.2) is 0 Å². The van der Waals surface area contributed by atoms with Crippen LogP contribution in [0.2, 0.25) is 0 Å². The van der Waals surface area contributed by atoms with E-state index in [0.717, 1.165) is 0 Å². The maximum atomic E-state index is 13.2. The molecule has 0 aliphatic heterocycles. The highest BCUT2D eigenvalue weighted by Crippen LogP contribution is 2.21. The molecular formula is C20H39N3O3. The Morgan fingerprint density at radius 3 is 1.65 bits per heavy atom. The smallest absolute Gasteiger partial charge is 0.245 e. The van der Waals surface area contributed by atoms with Gasteiger partial charge in [-0.25, -0.2) is 0 Å². The second kappa shape index (κ2) is 10.5. The summed E-state index contributed by atoms with van der Waals surface area (Å²) in [6, 6.07) is -1.13. The topological polar surface area (TPSA) is 69.7 Å². The van der Waals surface area contributed by atoms with Crippen molar-refractivity contribution in [3.63, 3.8) is 0 Å². The van der Waals surface area contributed by atoms with E-state index in [1.54, 1.807) is 26.0 Å². The van der Waals surface area contributed by atoms with E-state index in [2.05, 4.69) is 5.32 Å². The van der Waals surface area contributed by atoms with E-state index in [9.17, 15) is 14.4 Å². The summed E-state index contributed by atoms with van der Waals surface area (Å²) in [5.41, 5.74) is 0. The van der Waals surface area contributed by atoms with Crippen LogP contribution in [-0.4, -0.2) is 60.7 Å². The summed E-state index contributed by atoms with van der Waals surface area (Å²) < 4.78 is 0. The number of hydrogen-bond donors (Lipinski definition) is 1. The summed E-state index contributed by atoms with van der Waals surface area (Å²) in [5, 5.41) is 2.63. The molecule has 1 N–H and O–H groups in total. The van der Waals surface area contributed by atoms with Gasteiger partial charge in [-0.2, -0.15) is 0 Å². The zero-order valence-corrected chi connectivity index (χ0v) is 18.3. The minimum Gasteiger partial charge on any atom is -0.357 e. The van der Waals surface area contributed by atoms with Gasteiger partial charge in [-0.15, -0.1) is 0 Å². The molecule has 152 valence electrons. The lowest BCUT2D eigenvalue weighted by molar-refractivity contribution is -0.150. The van der Waals surface area contributed by atoms with Crippen LogP contribution < -0.4 is 5.32 Å². The highest BCUT2D eigenvalue weighted by Gasteiger charge is 2.37. The fourth-order valence-electron chi connectivity index (χ4n) is 3.08. The normalized spacial score (nSPS) is 15.0. The molecule has 6 heteroatoms. The predicted molar refractivity (Wildman–Crippen MR) is 105 cm³/mol. The van der Waals surface area contributed by atoms with Crippen LogP contribution in [0.1, 0.15) is 54.9 Å². The Labute approximate surface area is 159 Å². The highest BCUT2D eigenvalue weighted by molar-refractivity contribution is 5.92. The van der Waals surface area contributed by atoms with Crippen molar-refractivity contribution in [2.24, 2.45) is 23.7 Å². The molecule has 0 spiro atoms. The quantitative estimate of drug-likeness (QED) is 0.678. The standard InChI is InChI=1S/C20H39N3O3/c1-12(2)11-16(22(9)19(25)15(7)13(3)4)20(26)23(10)17(14(5)6)18(24)21-8/h12-17H,11H2,1-10H3,(H,21,24)/t15-,16-,17-/m0/s1. The van der Waals surface area contributed by atoms with Gasteiger partial charge in [0.1, 0.15) is 12.1 Å². The van der Waals surface area contributed by atoms with Gasteiger partial charge < -0.3 is 15.1 Å². The highest BCUT2D eigenvalue weighted by atomic mass is 16.2. The van der Waals surface area contributed by atoms with E-state index in [0.29, 0.717) is 6.42 Å². The number of carbonyl (C=O) groups is 3. The van der Waals surface area contributed by atoms with Crippen LogP contribution in [0, 0.1) is 23.7 Å². The second-order valence-electron chi connectivity index (χ2n) is 8.38. The summed E-state index contributed by atoms with van der Waals surface area (Å²) in [6.07, 6.45) is 0.564. The summed E-state index contributed by atoms with van der Waals surface area (Å²) >= 11 is 0. The van der Waals surface area contributed by atoms with Crippen molar-refractivity contribution in [2.75, 3.05) is 21.1 Å². The van der Waals surface area contributed by atoms with E-state index in [1.807, 2.05) is 48.5 Å². The minimum atomic E-state index is -0.570. The van der Waals surface area contributed by atoms with Gasteiger partial charge in [0, 0.05) is 27.1 Å². The fourth-order valence-corrected chi connectivity index (χ4v) is 3.08. The van der Waals surface area contributed by atoms with Crippen molar-refractivity contribution in [1.82, 2.24) is 15.1 Å². The van der Waals surface area contributed by atoms with E-state index in [-0.39, 0.29) is 41.4 Å². The summed E-state index contributed by atoms with van der Waals surface area (Å²) in [5.74, 6) is -0.150. The molecule has 6 nitrogen and oxygen atoms in total. The average molecular weight is 370 g/mol. The minimum absolute atomic E-state index is 0.0285. The number of hydrogen-bond acceptors (Lipinski definition) is 3. The lowest BCUT2D eigenvalue weighted by atomic mass is 9.94. The monoisotopic (exact) mass is 369 g/mol. The molecule has 3 amide bonds. The molecule has 0 aromatic rings. The first-order valence-electron chi connectivity index (χ1n) is 9.61. The number of nitrogens with zero attached hydrogens (tertiary/aromatic N) is 2. The molecule has 0 saturated carbocycles. The van der Waals surface area contributed by atoms with Crippen LogP contribution in [0.4, 0.5) is 0 Å². The van der Waals surface area contributed by atoms with Crippen molar-refractivity contribution < 1.29 is 14.4 Å². The molecule has 0 rings (SSSR count). The van der Waals surface area contributed by atoms with Crippen LogP contribution >= 0.6 is 0 Å². The molecule has 0 aromatic heterocycles. The molecule has 0 fully saturated rings. The second-order valence-corrected chi connectivity index (χ2v) is 8.38. The number of amides is 3. The molecule has 3 atom stereocenters. The number of carbonyl (C=O) groups excluding carboxylic acids is 3. The molecule has 0 radical (unpaired) electrons. The van der Waals surface area contributed by atoms with Gasteiger partial charge in [-0.05, 0) is 24.2 Å². The van der Waals surface area contributed by atoms with Gasteiger partial charge in [0.2, 0.25) is 17.7 Å². The van der Waals surface area contributed by atoms with Crippen molar-refractivity contribution in [1.29, 1.82) is 0 Å². The Kier molecular flexibility index (Phi) is 9.89. The van der Waals surface area contributed by atoms with E-state index >= 15 is 0 Å². The molecule has 0 aliphatic carbocycles. The van der Waals surface area contributed by atoms with E-state index in [1.165, 1.54) is 4.90 Å². The SMILES string of the molecule is CNC(=O)[C@H](C(C)C)N(C)C(=O)[C@H](CC(C)C)N(C)C(=O)[C@@H](C)C(C)C. The van der Waals surface area contributed by atoms with Crippen molar-refractivity contribution in [3.8, 4) is 0 Å². The Bertz CT molecular complexity index is 489. The summed E-state index contributed by atoms with van der Waals surface area (Å²) in [6.45, 7) is 13.8. The third-order valence-electron chi connectivity index (χ3n) is 5.10. The Balaban J connectivity index is 5.67. The van der Waals surface area contributed by atoms with Gasteiger partial charge in [0.25, 0.3) is 0 Å². The van der Waals surface area contributed by atoms with Crippen LogP contribution in [-0.2, 0) is 14.4 Å². The third-order valence-corrected chi connectivity index (χ3v) is 5.10. The van der Waals surface area contributed by atoms with Crippen molar-refractivity contribution in [3.05, 3.63) is 0 Å². The Hall–Kier alpha value is -1.59. The summed E-state index contributed by atoms with van der Waals surface area (Å²) in [4.78, 5) is 41.4. The van der Waals surface area contributed by atoms with Crippen molar-refractivity contribution >= 4 is 17.7 Å². The number of rotatable bonds is 9. The fraction of sp³-hybridized carbons (Fsp3) is 0.850. The largest absolute Gasteiger partial charge is 0.357 e. The number of likely N-dealkylation sites (N-methyl/N-ethyl adjacent to an activating group) is 3. The van der Waals surface area contributed by atoms with Crippen molar-refractivity contribution in [2.45, 2.75) is 67.0 Å². The molecule has 0 heterocycles. The zero-order valence-electron chi connectivity index (χ0n) is 18.3. The maximum Gasteiger partial charge on any atom is 0.245 e. The van der Waals surface area contributed by atoms with E-state index < -0.39 is 12.1 Å². The van der Waals surface area contributed by atoms with Gasteiger partial charge >= 0.3 is 0 Å². The van der Waals surface area contributed by atoms with Gasteiger partial charge in [-0.1, -0.05) is 48.5 Å². The first-order chi connectivity index (χ1) is 11.9. The molecule has 0 unspecified atom stereocenters. The van der Waals surface area contributed by atoms with Gasteiger partial charge in [-0.3, -0.25) is 14.4 Å². The predicted octanol–water partition coefficient (Wildman–Crippen LogP) is 2.38. The van der Waals surface area contributed by atoms with E-state index in [4.69, 9.17) is 0 Å². The lowest BCUT2D eigenvalue weighted by Crippen LogP contribution is -2.56. The molecule has 0 bridgehead atoms. The first-order valence-corrected chi connectivity index (χ1v) is 9.61. The van der Waals surface area contributed by atoms with Crippen LogP contribution in [0.25, 0.3) is 0 Å². The first kappa shape index (κ1) is 24.4. The molecule has 0 saturated heterocycles. The summed E-state index contributed by atoms with van der Waals surface area (Å²) in [7, 11) is 4.92. The lowest BCUT2D eigenvalue weighted by Gasteiger charge is -2.37. The zero-order chi connectivity index (χ0) is 20.8. The third kappa shape index (κ3) is 6.29. The number of nitrogens with one attached hydrogen (secondary N) is 1. The van der Waals surface area contributed by atoms with Crippen LogP contribution in [0.5, 0.6) is 0 Å². The Morgan fingerprint density at radius 1 is 0.808 bits per heavy atom. The van der Waals surface area contributed by atoms with Crippen LogP contribution in [0.15, 0.2) is 0 Å². The average Bonchev–Trinajstić information content (AvgIpc) is 2.56. The molecule has 26 heavy (non-hydrogen) atoms. The maximum absolute atomic E-state index is 13.2. The van der Waals surface area contributed by atoms with Gasteiger partial charge in [0.05, 0.1) is 0 Å².